The van der Waals surface area contributed by atoms with Gasteiger partial charge in [0.05, 0.1) is 5.56 Å². The van der Waals surface area contributed by atoms with E-state index in [1.807, 2.05) is 0 Å². The Morgan fingerprint density at radius 3 is 2.25 bits per heavy atom. The largest absolute Gasteiger partial charge is 0.490 e. The molecule has 20 heavy (non-hydrogen) atoms. The van der Waals surface area contributed by atoms with Gasteiger partial charge in [-0.05, 0) is 48.5 Å². The molecule has 0 saturated carbocycles. The number of carbonyl (C=O) groups is 1. The van der Waals surface area contributed by atoms with E-state index in [0.717, 1.165) is 0 Å². The van der Waals surface area contributed by atoms with Crippen LogP contribution in [-0.2, 0) is 0 Å². The van der Waals surface area contributed by atoms with Crippen LogP contribution in [0.4, 0.5) is 4.39 Å². The summed E-state index contributed by atoms with van der Waals surface area (Å²) in [7, 11) is 0. The van der Waals surface area contributed by atoms with Crippen molar-refractivity contribution in [2.24, 2.45) is 0 Å². The summed E-state index contributed by atoms with van der Waals surface area (Å²) in [5, 5.41) is 0. The molecule has 2 aromatic carbocycles. The third-order valence-electron chi connectivity index (χ3n) is 2.48. The molecule has 0 aliphatic heterocycles. The molecule has 0 fully saturated rings. The smallest absolute Gasteiger partial charge is 0.343 e. The van der Waals surface area contributed by atoms with Gasteiger partial charge >= 0.3 is 5.97 Å². The molecule has 0 aliphatic rings. The highest BCUT2D eigenvalue weighted by molar-refractivity contribution is 5.91. The van der Waals surface area contributed by atoms with Crippen LogP contribution in [0.3, 0.4) is 0 Å². The van der Waals surface area contributed by atoms with Gasteiger partial charge in [0.15, 0.2) is 0 Å². The zero-order valence-electron chi connectivity index (χ0n) is 10.7. The predicted molar refractivity (Wildman–Crippen MR) is 73.5 cm³/mol. The number of carbonyl (C=O) groups excluding carboxylic acids is 1. The number of ether oxygens (including phenoxy) is 2. The summed E-state index contributed by atoms with van der Waals surface area (Å²) in [6.07, 6.45) is 1.64. The van der Waals surface area contributed by atoms with Gasteiger partial charge in [0.2, 0.25) is 0 Å². The summed E-state index contributed by atoms with van der Waals surface area (Å²) in [6.45, 7) is 3.95. The number of halogens is 1. The summed E-state index contributed by atoms with van der Waals surface area (Å²) < 4.78 is 23.2. The Labute approximate surface area is 116 Å². The Bertz CT molecular complexity index is 588. The molecular weight excluding hydrogens is 259 g/mol. The number of hydrogen-bond donors (Lipinski definition) is 0. The van der Waals surface area contributed by atoms with E-state index in [0.29, 0.717) is 23.7 Å². The van der Waals surface area contributed by atoms with E-state index in [-0.39, 0.29) is 5.82 Å². The van der Waals surface area contributed by atoms with E-state index in [1.54, 1.807) is 30.3 Å². The topological polar surface area (TPSA) is 35.5 Å². The molecular formula is C16H13FO3. The minimum atomic E-state index is -0.508. The Kier molecular flexibility index (Phi) is 4.50. The fraction of sp³-hybridized carbons (Fsp3) is 0.0625. The molecule has 0 radical (unpaired) electrons. The van der Waals surface area contributed by atoms with E-state index >= 15 is 0 Å². The van der Waals surface area contributed by atoms with Crippen LogP contribution < -0.4 is 9.47 Å². The minimum absolute atomic E-state index is 0.295. The van der Waals surface area contributed by atoms with Crippen molar-refractivity contribution < 1.29 is 18.7 Å². The average Bonchev–Trinajstić information content (AvgIpc) is 2.48. The van der Waals surface area contributed by atoms with Gasteiger partial charge in [0, 0.05) is 0 Å². The molecule has 0 saturated heterocycles. The van der Waals surface area contributed by atoms with Gasteiger partial charge in [-0.3, -0.25) is 0 Å². The molecule has 3 nitrogen and oxygen atoms in total. The third-order valence-corrected chi connectivity index (χ3v) is 2.48. The second-order valence-electron chi connectivity index (χ2n) is 3.97. The second-order valence-corrected chi connectivity index (χ2v) is 3.97. The molecule has 0 atom stereocenters. The van der Waals surface area contributed by atoms with Crippen molar-refractivity contribution >= 4 is 5.97 Å². The Morgan fingerprint density at radius 1 is 1.05 bits per heavy atom. The van der Waals surface area contributed by atoms with Gasteiger partial charge in [0.25, 0.3) is 0 Å². The molecule has 2 aromatic rings. The zero-order valence-corrected chi connectivity index (χ0v) is 10.7. The van der Waals surface area contributed by atoms with Crippen LogP contribution in [0, 0.1) is 5.82 Å². The lowest BCUT2D eigenvalue weighted by atomic mass is 10.2. The van der Waals surface area contributed by atoms with E-state index in [9.17, 15) is 9.18 Å². The van der Waals surface area contributed by atoms with Crippen molar-refractivity contribution in [1.82, 2.24) is 0 Å². The van der Waals surface area contributed by atoms with Crippen LogP contribution in [-0.4, -0.2) is 12.6 Å². The maximum Gasteiger partial charge on any atom is 0.343 e. The standard InChI is InChI=1S/C16H13FO3/c1-2-11-19-14-7-3-12(4-8-14)16(18)20-15-9-5-13(17)6-10-15/h2-10H,1,11H2. The molecule has 0 aromatic heterocycles. The first-order valence-electron chi connectivity index (χ1n) is 6.00. The number of hydrogen-bond acceptors (Lipinski definition) is 3. The van der Waals surface area contributed by atoms with Crippen molar-refractivity contribution in [2.45, 2.75) is 0 Å². The van der Waals surface area contributed by atoms with Crippen LogP contribution in [0.1, 0.15) is 10.4 Å². The van der Waals surface area contributed by atoms with Gasteiger partial charge in [-0.25, -0.2) is 9.18 Å². The maximum atomic E-state index is 12.7. The van der Waals surface area contributed by atoms with Gasteiger partial charge < -0.3 is 9.47 Å². The average molecular weight is 272 g/mol. The highest BCUT2D eigenvalue weighted by atomic mass is 19.1. The summed E-state index contributed by atoms with van der Waals surface area (Å²) in [6, 6.07) is 11.8. The molecule has 0 amide bonds. The molecule has 102 valence electrons. The molecule has 0 N–H and O–H groups in total. The lowest BCUT2D eigenvalue weighted by Gasteiger charge is -2.06. The van der Waals surface area contributed by atoms with Crippen molar-refractivity contribution in [3.8, 4) is 11.5 Å². The van der Waals surface area contributed by atoms with Crippen LogP contribution in [0.25, 0.3) is 0 Å². The zero-order chi connectivity index (χ0) is 14.4. The maximum absolute atomic E-state index is 12.7. The van der Waals surface area contributed by atoms with Crippen LogP contribution >= 0.6 is 0 Å². The summed E-state index contributed by atoms with van der Waals surface area (Å²) in [5.74, 6) is 0.0482. The Hall–Kier alpha value is -2.62. The van der Waals surface area contributed by atoms with E-state index in [1.165, 1.54) is 24.3 Å². The van der Waals surface area contributed by atoms with E-state index < -0.39 is 5.97 Å². The molecule has 0 unspecified atom stereocenters. The molecule has 2 rings (SSSR count). The van der Waals surface area contributed by atoms with Crippen molar-refractivity contribution in [1.29, 1.82) is 0 Å². The summed E-state index contributed by atoms with van der Waals surface area (Å²) >= 11 is 0. The first-order valence-corrected chi connectivity index (χ1v) is 6.00. The van der Waals surface area contributed by atoms with Crippen molar-refractivity contribution in [3.05, 3.63) is 72.6 Å². The number of esters is 1. The van der Waals surface area contributed by atoms with Gasteiger partial charge in [-0.1, -0.05) is 12.7 Å². The normalized spacial score (nSPS) is 9.85. The fourth-order valence-electron chi connectivity index (χ4n) is 1.51. The first kappa shape index (κ1) is 13.8. The molecule has 0 spiro atoms. The monoisotopic (exact) mass is 272 g/mol. The lowest BCUT2D eigenvalue weighted by molar-refractivity contribution is 0.0734. The molecule has 0 heterocycles. The Balaban J connectivity index is 2.01. The SMILES string of the molecule is C=CCOc1ccc(C(=O)Oc2ccc(F)cc2)cc1. The van der Waals surface area contributed by atoms with Crippen LogP contribution in [0.2, 0.25) is 0 Å². The van der Waals surface area contributed by atoms with E-state index in [2.05, 4.69) is 6.58 Å². The Morgan fingerprint density at radius 2 is 1.65 bits per heavy atom. The van der Waals surface area contributed by atoms with Crippen molar-refractivity contribution in [2.75, 3.05) is 6.61 Å². The highest BCUT2D eigenvalue weighted by Gasteiger charge is 2.08. The predicted octanol–water partition coefficient (Wildman–Crippen LogP) is 3.61. The van der Waals surface area contributed by atoms with E-state index in [4.69, 9.17) is 9.47 Å². The second kappa shape index (κ2) is 6.52. The minimum Gasteiger partial charge on any atom is -0.490 e. The number of benzene rings is 2. The molecule has 4 heteroatoms. The summed E-state index contributed by atoms with van der Waals surface area (Å²) in [5.41, 5.74) is 0.389. The number of rotatable bonds is 5. The lowest BCUT2D eigenvalue weighted by Crippen LogP contribution is -2.08. The summed E-state index contributed by atoms with van der Waals surface area (Å²) in [4.78, 5) is 11.9. The first-order chi connectivity index (χ1) is 9.69. The van der Waals surface area contributed by atoms with Crippen LogP contribution in [0.5, 0.6) is 11.5 Å². The highest BCUT2D eigenvalue weighted by Crippen LogP contribution is 2.16. The quantitative estimate of drug-likeness (QED) is 0.474. The van der Waals surface area contributed by atoms with Gasteiger partial charge in [-0.2, -0.15) is 0 Å². The molecule has 0 aliphatic carbocycles. The van der Waals surface area contributed by atoms with Gasteiger partial charge in [-0.15, -0.1) is 0 Å². The van der Waals surface area contributed by atoms with Crippen LogP contribution in [0.15, 0.2) is 61.2 Å². The van der Waals surface area contributed by atoms with Crippen molar-refractivity contribution in [3.63, 3.8) is 0 Å². The van der Waals surface area contributed by atoms with Gasteiger partial charge in [0.1, 0.15) is 23.9 Å². The fourth-order valence-corrected chi connectivity index (χ4v) is 1.51. The third kappa shape index (κ3) is 3.68. The molecule has 0 bridgehead atoms.